The first kappa shape index (κ1) is 23.6. The number of aliphatic imine (C=N–C) groups is 1. The number of esters is 1. The zero-order chi connectivity index (χ0) is 25.4. The van der Waals surface area contributed by atoms with Crippen LogP contribution in [0.15, 0.2) is 47.5 Å². The lowest BCUT2D eigenvalue weighted by molar-refractivity contribution is -0.143. The third-order valence-electron chi connectivity index (χ3n) is 6.22. The standard InChI is InChI=1S/C27H24N6O2S/c1-5-35-23(34)13-22-26-32-31-17(4)33(26)27-24(15(2)16(3)36-27)25(30-22)19-11-9-18(10-12-19)21-8-6-7-20(14-28)29-21/h6-12,22H,5,13H2,1-4H3/t22-/m0/s1. The van der Waals surface area contributed by atoms with Crippen molar-refractivity contribution in [2.45, 2.75) is 40.2 Å². The second kappa shape index (κ2) is 9.47. The number of carbonyl (C=O) groups excluding carboxylic acids is 1. The van der Waals surface area contributed by atoms with Gasteiger partial charge in [0.15, 0.2) is 5.82 Å². The van der Waals surface area contributed by atoms with E-state index in [1.165, 1.54) is 4.88 Å². The van der Waals surface area contributed by atoms with Gasteiger partial charge in [-0.15, -0.1) is 21.5 Å². The van der Waals surface area contributed by atoms with Crippen molar-refractivity contribution in [3.05, 3.63) is 81.4 Å². The zero-order valence-electron chi connectivity index (χ0n) is 20.4. The molecule has 0 unspecified atom stereocenters. The molecule has 1 aliphatic heterocycles. The van der Waals surface area contributed by atoms with E-state index in [-0.39, 0.29) is 12.4 Å². The molecule has 0 fully saturated rings. The third kappa shape index (κ3) is 4.10. The van der Waals surface area contributed by atoms with Gasteiger partial charge in [-0.1, -0.05) is 30.3 Å². The molecule has 3 aromatic heterocycles. The van der Waals surface area contributed by atoms with Gasteiger partial charge in [0, 0.05) is 21.6 Å². The minimum absolute atomic E-state index is 0.0748. The van der Waals surface area contributed by atoms with Crippen molar-refractivity contribution in [2.24, 2.45) is 4.99 Å². The maximum atomic E-state index is 12.5. The fourth-order valence-corrected chi connectivity index (χ4v) is 5.57. The fourth-order valence-electron chi connectivity index (χ4n) is 4.36. The molecule has 1 aliphatic rings. The molecule has 0 saturated heterocycles. The van der Waals surface area contributed by atoms with Gasteiger partial charge in [0.25, 0.3) is 0 Å². The van der Waals surface area contributed by atoms with Crippen LogP contribution in [0.3, 0.4) is 0 Å². The minimum atomic E-state index is -0.534. The number of nitriles is 1. The molecule has 0 bridgehead atoms. The number of fused-ring (bicyclic) bond motifs is 3. The Bertz CT molecular complexity index is 1540. The number of hydrogen-bond donors (Lipinski definition) is 0. The van der Waals surface area contributed by atoms with Crippen LogP contribution in [-0.2, 0) is 9.53 Å². The molecule has 5 rings (SSSR count). The number of hydrogen-bond acceptors (Lipinski definition) is 8. The molecule has 180 valence electrons. The van der Waals surface area contributed by atoms with Crippen molar-refractivity contribution in [3.63, 3.8) is 0 Å². The van der Waals surface area contributed by atoms with Gasteiger partial charge in [-0.3, -0.25) is 14.4 Å². The maximum Gasteiger partial charge on any atom is 0.308 e. The Morgan fingerprint density at radius 2 is 1.86 bits per heavy atom. The van der Waals surface area contributed by atoms with Gasteiger partial charge in [0.2, 0.25) is 0 Å². The molecule has 0 amide bonds. The van der Waals surface area contributed by atoms with E-state index in [9.17, 15) is 10.1 Å². The van der Waals surface area contributed by atoms with Gasteiger partial charge in [-0.05, 0) is 45.4 Å². The molecule has 0 radical (unpaired) electrons. The van der Waals surface area contributed by atoms with Crippen LogP contribution < -0.4 is 0 Å². The summed E-state index contributed by atoms with van der Waals surface area (Å²) >= 11 is 1.67. The average Bonchev–Trinajstić information content (AvgIpc) is 3.36. The van der Waals surface area contributed by atoms with Gasteiger partial charge in [-0.2, -0.15) is 5.26 Å². The first-order valence-electron chi connectivity index (χ1n) is 11.6. The number of carbonyl (C=O) groups is 1. The van der Waals surface area contributed by atoms with E-state index in [0.29, 0.717) is 18.1 Å². The predicted molar refractivity (Wildman–Crippen MR) is 137 cm³/mol. The molecule has 1 atom stereocenters. The van der Waals surface area contributed by atoms with Crippen LogP contribution >= 0.6 is 11.3 Å². The Balaban J connectivity index is 1.65. The molecule has 8 nitrogen and oxygen atoms in total. The summed E-state index contributed by atoms with van der Waals surface area (Å²) in [6, 6.07) is 14.9. The second-order valence-electron chi connectivity index (χ2n) is 8.50. The number of thiophene rings is 1. The van der Waals surface area contributed by atoms with Gasteiger partial charge >= 0.3 is 5.97 Å². The summed E-state index contributed by atoms with van der Waals surface area (Å²) in [5.74, 6) is 1.05. The van der Waals surface area contributed by atoms with E-state index in [2.05, 4.69) is 35.1 Å². The predicted octanol–water partition coefficient (Wildman–Crippen LogP) is 5.03. The summed E-state index contributed by atoms with van der Waals surface area (Å²) in [5, 5.41) is 18.9. The highest BCUT2D eigenvalue weighted by Gasteiger charge is 2.32. The van der Waals surface area contributed by atoms with Crippen LogP contribution in [0, 0.1) is 32.1 Å². The van der Waals surface area contributed by atoms with Crippen LogP contribution in [0.5, 0.6) is 0 Å². The topological polar surface area (TPSA) is 106 Å². The van der Waals surface area contributed by atoms with Crippen LogP contribution in [0.4, 0.5) is 0 Å². The average molecular weight is 497 g/mol. The van der Waals surface area contributed by atoms with E-state index in [1.54, 1.807) is 24.3 Å². The molecule has 0 N–H and O–H groups in total. The highest BCUT2D eigenvalue weighted by Crippen LogP contribution is 2.39. The summed E-state index contributed by atoms with van der Waals surface area (Å²) in [5.41, 5.74) is 5.88. The van der Waals surface area contributed by atoms with Crippen molar-refractivity contribution in [3.8, 4) is 22.3 Å². The quantitative estimate of drug-likeness (QED) is 0.359. The molecule has 4 aromatic rings. The van der Waals surface area contributed by atoms with Crippen LogP contribution in [0.25, 0.3) is 16.3 Å². The number of benzene rings is 1. The smallest absolute Gasteiger partial charge is 0.308 e. The number of nitrogens with zero attached hydrogens (tertiary/aromatic N) is 6. The first-order chi connectivity index (χ1) is 17.4. The molecule has 4 heterocycles. The summed E-state index contributed by atoms with van der Waals surface area (Å²) in [6.45, 7) is 8.20. The summed E-state index contributed by atoms with van der Waals surface area (Å²) in [6.07, 6.45) is 0.0748. The van der Waals surface area contributed by atoms with Crippen LogP contribution in [0.1, 0.15) is 58.3 Å². The van der Waals surface area contributed by atoms with E-state index in [1.807, 2.05) is 47.9 Å². The Labute approximate surface area is 212 Å². The Morgan fingerprint density at radius 1 is 1.11 bits per heavy atom. The Kier molecular flexibility index (Phi) is 6.20. The molecule has 9 heteroatoms. The lowest BCUT2D eigenvalue weighted by atomic mass is 9.98. The van der Waals surface area contributed by atoms with E-state index >= 15 is 0 Å². The lowest BCUT2D eigenvalue weighted by Gasteiger charge is -2.12. The fraction of sp³-hybridized carbons (Fsp3) is 0.259. The van der Waals surface area contributed by atoms with Crippen LogP contribution in [0.2, 0.25) is 0 Å². The number of aryl methyl sites for hydroxylation is 2. The van der Waals surface area contributed by atoms with Crippen molar-refractivity contribution < 1.29 is 9.53 Å². The molecule has 36 heavy (non-hydrogen) atoms. The molecular formula is C27H24N6O2S. The maximum absolute atomic E-state index is 12.5. The van der Waals surface area contributed by atoms with Gasteiger partial charge in [0.1, 0.15) is 28.6 Å². The monoisotopic (exact) mass is 496 g/mol. The van der Waals surface area contributed by atoms with Crippen molar-refractivity contribution >= 4 is 23.0 Å². The molecule has 0 spiro atoms. The second-order valence-corrected chi connectivity index (χ2v) is 9.71. The summed E-state index contributed by atoms with van der Waals surface area (Å²) in [7, 11) is 0. The third-order valence-corrected chi connectivity index (χ3v) is 7.41. The minimum Gasteiger partial charge on any atom is -0.466 e. The number of ether oxygens (including phenoxy) is 1. The van der Waals surface area contributed by atoms with E-state index in [0.717, 1.165) is 44.5 Å². The summed E-state index contributed by atoms with van der Waals surface area (Å²) < 4.78 is 7.26. The number of pyridine rings is 1. The normalized spacial score (nSPS) is 14.3. The first-order valence-corrected chi connectivity index (χ1v) is 12.5. The zero-order valence-corrected chi connectivity index (χ0v) is 21.3. The SMILES string of the molecule is CCOC(=O)C[C@@H]1N=C(c2ccc(-c3cccc(C#N)n3)cc2)c2c(sc(C)c2C)-n2c(C)nnc21. The number of aromatic nitrogens is 4. The lowest BCUT2D eigenvalue weighted by Crippen LogP contribution is -2.13. The van der Waals surface area contributed by atoms with E-state index < -0.39 is 6.04 Å². The van der Waals surface area contributed by atoms with Gasteiger partial charge in [-0.25, -0.2) is 4.98 Å². The van der Waals surface area contributed by atoms with Crippen molar-refractivity contribution in [1.29, 1.82) is 5.26 Å². The van der Waals surface area contributed by atoms with Crippen molar-refractivity contribution in [2.75, 3.05) is 6.61 Å². The van der Waals surface area contributed by atoms with Crippen molar-refractivity contribution in [1.82, 2.24) is 19.7 Å². The largest absolute Gasteiger partial charge is 0.466 e. The number of rotatable bonds is 5. The Morgan fingerprint density at radius 3 is 2.58 bits per heavy atom. The Hall–Kier alpha value is -4.16. The highest BCUT2D eigenvalue weighted by molar-refractivity contribution is 7.15. The molecular weight excluding hydrogens is 472 g/mol. The van der Waals surface area contributed by atoms with Crippen LogP contribution in [-0.4, -0.2) is 38.0 Å². The highest BCUT2D eigenvalue weighted by atomic mass is 32.1. The summed E-state index contributed by atoms with van der Waals surface area (Å²) in [4.78, 5) is 23.2. The molecule has 1 aromatic carbocycles. The molecule has 0 saturated carbocycles. The van der Waals surface area contributed by atoms with Gasteiger partial charge in [0.05, 0.1) is 24.4 Å². The molecule has 0 aliphatic carbocycles. The van der Waals surface area contributed by atoms with Gasteiger partial charge < -0.3 is 4.74 Å². The van der Waals surface area contributed by atoms with E-state index in [4.69, 9.17) is 9.73 Å².